The average Bonchev–Trinajstić information content (AvgIpc) is 2.69. The Bertz CT molecular complexity index is 614. The largest absolute Gasteiger partial charge is 0.392 e. The molecule has 1 aromatic rings. The number of hydrogen-bond donors (Lipinski definition) is 2. The normalized spacial score (nSPS) is 22.1. The number of thiocarbonyl (C=S) groups is 1. The minimum Gasteiger partial charge on any atom is -0.392 e. The Kier molecular flexibility index (Phi) is 4.39. The van der Waals surface area contributed by atoms with E-state index >= 15 is 0 Å². The number of carbonyl (C=O) groups excluding carboxylic acids is 1. The lowest BCUT2D eigenvalue weighted by Crippen LogP contribution is -2.42. The van der Waals surface area contributed by atoms with Crippen LogP contribution in [0, 0.1) is 0 Å². The van der Waals surface area contributed by atoms with E-state index in [0.717, 1.165) is 0 Å². The van der Waals surface area contributed by atoms with Gasteiger partial charge in [0.05, 0.1) is 16.5 Å². The van der Waals surface area contributed by atoms with Gasteiger partial charge in [0.25, 0.3) is 0 Å². The van der Waals surface area contributed by atoms with E-state index in [0.29, 0.717) is 12.0 Å². The first-order valence-electron chi connectivity index (χ1n) is 6.24. The number of benzene rings is 1. The van der Waals surface area contributed by atoms with E-state index in [4.69, 9.17) is 18.0 Å². The molecular weight excluding hydrogens is 296 g/mol. The van der Waals surface area contributed by atoms with Crippen LogP contribution in [0.2, 0.25) is 0 Å². The molecule has 0 spiro atoms. The van der Waals surface area contributed by atoms with Gasteiger partial charge in [-0.05, 0) is 12.0 Å². The lowest BCUT2D eigenvalue weighted by atomic mass is 9.98. The Morgan fingerprint density at radius 3 is 2.50 bits per heavy atom. The summed E-state index contributed by atoms with van der Waals surface area (Å²) in [4.78, 5) is 12.4. The fourth-order valence-electron chi connectivity index (χ4n) is 2.28. The highest BCUT2D eigenvalue weighted by atomic mass is 32.2. The third-order valence-electron chi connectivity index (χ3n) is 3.26. The number of sulfone groups is 1. The predicted octanol–water partition coefficient (Wildman–Crippen LogP) is 0.360. The summed E-state index contributed by atoms with van der Waals surface area (Å²) in [5.74, 6) is -0.973. The maximum atomic E-state index is 12.3. The van der Waals surface area contributed by atoms with Gasteiger partial charge in [0, 0.05) is 6.04 Å². The number of rotatable bonds is 4. The van der Waals surface area contributed by atoms with Crippen molar-refractivity contribution in [1.29, 1.82) is 0 Å². The molecule has 20 heavy (non-hydrogen) atoms. The number of carbonyl (C=O) groups is 1. The topological polar surface area (TPSA) is 89.3 Å². The van der Waals surface area contributed by atoms with Crippen LogP contribution in [0.25, 0.3) is 0 Å². The molecule has 3 N–H and O–H groups in total. The second-order valence-corrected chi connectivity index (χ2v) is 7.55. The summed E-state index contributed by atoms with van der Waals surface area (Å²) in [5, 5.41) is 2.73. The molecule has 0 saturated carbocycles. The Hall–Kier alpha value is -1.47. The van der Waals surface area contributed by atoms with Gasteiger partial charge in [-0.1, -0.05) is 42.5 Å². The van der Waals surface area contributed by atoms with Gasteiger partial charge in [0.15, 0.2) is 9.84 Å². The average molecular weight is 312 g/mol. The molecule has 108 valence electrons. The second-order valence-electron chi connectivity index (χ2n) is 4.85. The molecule has 1 aromatic carbocycles. The van der Waals surface area contributed by atoms with Gasteiger partial charge < -0.3 is 11.1 Å². The van der Waals surface area contributed by atoms with E-state index in [1.165, 1.54) is 0 Å². The standard InChI is InChI=1S/C13H16N2O3S2/c14-12(19)11(9-4-2-1-3-5-9)13(16)15-10-6-7-20(17,18)8-10/h1-5,10-11H,6-8H2,(H2,14,19)(H,15,16). The number of hydrogen-bond acceptors (Lipinski definition) is 4. The lowest BCUT2D eigenvalue weighted by Gasteiger charge is -2.18. The first kappa shape index (κ1) is 14.9. The fourth-order valence-corrected chi connectivity index (χ4v) is 4.20. The van der Waals surface area contributed by atoms with Gasteiger partial charge in [0.2, 0.25) is 5.91 Å². The molecule has 7 heteroatoms. The molecule has 1 aliphatic rings. The quantitative estimate of drug-likeness (QED) is 0.784. The van der Waals surface area contributed by atoms with Crippen molar-refractivity contribution in [3.05, 3.63) is 35.9 Å². The molecule has 1 saturated heterocycles. The SMILES string of the molecule is NC(=S)C(C(=O)NC1CCS(=O)(=O)C1)c1ccccc1. The molecule has 0 bridgehead atoms. The van der Waals surface area contributed by atoms with Crippen LogP contribution < -0.4 is 11.1 Å². The van der Waals surface area contributed by atoms with Crippen molar-refractivity contribution in [3.8, 4) is 0 Å². The van der Waals surface area contributed by atoms with Crippen molar-refractivity contribution < 1.29 is 13.2 Å². The van der Waals surface area contributed by atoms with Crippen molar-refractivity contribution in [1.82, 2.24) is 5.32 Å². The summed E-state index contributed by atoms with van der Waals surface area (Å²) in [6, 6.07) is 8.63. The highest BCUT2D eigenvalue weighted by Gasteiger charge is 2.32. The molecule has 1 fully saturated rings. The number of nitrogens with two attached hydrogens (primary N) is 1. The summed E-state index contributed by atoms with van der Waals surface area (Å²) in [5.41, 5.74) is 6.36. The zero-order valence-corrected chi connectivity index (χ0v) is 12.4. The van der Waals surface area contributed by atoms with E-state index in [1.807, 2.05) is 6.07 Å². The molecule has 1 amide bonds. The van der Waals surface area contributed by atoms with Gasteiger partial charge in [-0.2, -0.15) is 0 Å². The Morgan fingerprint density at radius 2 is 2.00 bits per heavy atom. The summed E-state index contributed by atoms with van der Waals surface area (Å²) in [7, 11) is -3.03. The summed E-state index contributed by atoms with van der Waals surface area (Å²) < 4.78 is 22.8. The maximum absolute atomic E-state index is 12.3. The predicted molar refractivity (Wildman–Crippen MR) is 81.2 cm³/mol. The molecule has 5 nitrogen and oxygen atoms in total. The minimum atomic E-state index is -3.03. The Morgan fingerprint density at radius 1 is 1.35 bits per heavy atom. The molecule has 2 rings (SSSR count). The Labute approximate surface area is 123 Å². The van der Waals surface area contributed by atoms with E-state index in [-0.39, 0.29) is 28.4 Å². The maximum Gasteiger partial charge on any atom is 0.234 e. The van der Waals surface area contributed by atoms with Crippen molar-refractivity contribution >= 4 is 33.0 Å². The van der Waals surface area contributed by atoms with Crippen LogP contribution in [0.1, 0.15) is 17.9 Å². The Balaban J connectivity index is 2.11. The van der Waals surface area contributed by atoms with Crippen LogP contribution in [0.3, 0.4) is 0 Å². The third-order valence-corrected chi connectivity index (χ3v) is 5.26. The van der Waals surface area contributed by atoms with Crippen molar-refractivity contribution in [2.75, 3.05) is 11.5 Å². The molecular formula is C13H16N2O3S2. The van der Waals surface area contributed by atoms with Crippen LogP contribution in [0.4, 0.5) is 0 Å². The van der Waals surface area contributed by atoms with E-state index in [9.17, 15) is 13.2 Å². The van der Waals surface area contributed by atoms with Gasteiger partial charge in [-0.3, -0.25) is 4.79 Å². The number of amides is 1. The molecule has 2 atom stereocenters. The molecule has 2 unspecified atom stereocenters. The molecule has 1 heterocycles. The van der Waals surface area contributed by atoms with Crippen LogP contribution in [0.5, 0.6) is 0 Å². The van der Waals surface area contributed by atoms with E-state index in [1.54, 1.807) is 24.3 Å². The molecule has 1 aliphatic heterocycles. The van der Waals surface area contributed by atoms with Gasteiger partial charge in [-0.25, -0.2) is 8.42 Å². The van der Waals surface area contributed by atoms with Gasteiger partial charge >= 0.3 is 0 Å². The third kappa shape index (κ3) is 3.55. The van der Waals surface area contributed by atoms with Crippen molar-refractivity contribution in [2.24, 2.45) is 5.73 Å². The van der Waals surface area contributed by atoms with Crippen LogP contribution in [-0.2, 0) is 14.6 Å². The van der Waals surface area contributed by atoms with Gasteiger partial charge in [-0.15, -0.1) is 0 Å². The molecule has 0 aromatic heterocycles. The smallest absolute Gasteiger partial charge is 0.234 e. The summed E-state index contributed by atoms with van der Waals surface area (Å²) in [6.07, 6.45) is 0.437. The first-order chi connectivity index (χ1) is 9.39. The lowest BCUT2D eigenvalue weighted by molar-refractivity contribution is -0.121. The van der Waals surface area contributed by atoms with E-state index < -0.39 is 15.8 Å². The van der Waals surface area contributed by atoms with Crippen LogP contribution >= 0.6 is 12.2 Å². The summed E-state index contributed by atoms with van der Waals surface area (Å²) in [6.45, 7) is 0. The summed E-state index contributed by atoms with van der Waals surface area (Å²) >= 11 is 4.96. The zero-order chi connectivity index (χ0) is 14.8. The molecule has 0 aliphatic carbocycles. The van der Waals surface area contributed by atoms with E-state index in [2.05, 4.69) is 5.32 Å². The fraction of sp³-hybridized carbons (Fsp3) is 0.385. The van der Waals surface area contributed by atoms with Gasteiger partial charge in [0.1, 0.15) is 5.92 Å². The number of nitrogens with one attached hydrogen (secondary N) is 1. The second kappa shape index (κ2) is 5.88. The van der Waals surface area contributed by atoms with Crippen LogP contribution in [-0.4, -0.2) is 36.9 Å². The monoisotopic (exact) mass is 312 g/mol. The highest BCUT2D eigenvalue weighted by Crippen LogP contribution is 2.18. The zero-order valence-electron chi connectivity index (χ0n) is 10.8. The first-order valence-corrected chi connectivity index (χ1v) is 8.47. The highest BCUT2D eigenvalue weighted by molar-refractivity contribution is 7.91. The molecule has 0 radical (unpaired) electrons. The van der Waals surface area contributed by atoms with Crippen LogP contribution in [0.15, 0.2) is 30.3 Å². The minimum absolute atomic E-state index is 0.0163. The van der Waals surface area contributed by atoms with Crippen molar-refractivity contribution in [3.63, 3.8) is 0 Å². The van der Waals surface area contributed by atoms with Crippen molar-refractivity contribution in [2.45, 2.75) is 18.4 Å².